The van der Waals surface area contributed by atoms with Crippen molar-refractivity contribution in [3.8, 4) is 0 Å². The Morgan fingerprint density at radius 1 is 1.12 bits per heavy atom. The number of hydrogen-bond acceptors (Lipinski definition) is 3. The van der Waals surface area contributed by atoms with Gasteiger partial charge in [0.1, 0.15) is 11.6 Å². The molecule has 0 aromatic heterocycles. The molecule has 0 saturated carbocycles. The third-order valence-corrected chi connectivity index (χ3v) is 6.87. The summed E-state index contributed by atoms with van der Waals surface area (Å²) >= 11 is 0. The van der Waals surface area contributed by atoms with Crippen molar-refractivity contribution in [2.75, 3.05) is 25.0 Å². The van der Waals surface area contributed by atoms with E-state index in [2.05, 4.69) is 43.5 Å². The lowest BCUT2D eigenvalue weighted by atomic mass is 9.81. The van der Waals surface area contributed by atoms with Crippen molar-refractivity contribution in [2.24, 2.45) is 5.92 Å². The van der Waals surface area contributed by atoms with Crippen molar-refractivity contribution >= 4 is 23.5 Å². The van der Waals surface area contributed by atoms with Gasteiger partial charge in [0, 0.05) is 25.3 Å². The fraction of sp³-hybridized carbons (Fsp3) is 0.654. The molecule has 1 atom stereocenters. The Labute approximate surface area is 198 Å². The largest absolute Gasteiger partial charge is 0.342 e. The maximum atomic E-state index is 13.2. The summed E-state index contributed by atoms with van der Waals surface area (Å²) in [6.45, 7) is 9.77. The number of rotatable bonds is 8. The molecule has 2 fully saturated rings. The standard InChI is InChI=1S/C26H40N4O3/c1-5-7-8-20-9-11-21(12-10-20)27-25(33)29-16-13-26(14-17-29)24(32)28-22(18-19(3)4)23(31)30(26)15-6-2/h9-12,19,22H,5-8,13-18H2,1-4H3,(H,27,33)(H,28,32). The second kappa shape index (κ2) is 11.0. The zero-order chi connectivity index (χ0) is 24.0. The van der Waals surface area contributed by atoms with Gasteiger partial charge < -0.3 is 20.4 Å². The van der Waals surface area contributed by atoms with Gasteiger partial charge in [0.05, 0.1) is 0 Å². The Balaban J connectivity index is 1.63. The van der Waals surface area contributed by atoms with Gasteiger partial charge in [0.2, 0.25) is 11.8 Å². The van der Waals surface area contributed by atoms with Crippen molar-refractivity contribution in [1.82, 2.24) is 15.1 Å². The minimum absolute atomic E-state index is 0.0196. The predicted molar refractivity (Wildman–Crippen MR) is 131 cm³/mol. The van der Waals surface area contributed by atoms with Crippen LogP contribution in [-0.2, 0) is 16.0 Å². The molecule has 2 aliphatic heterocycles. The number of nitrogens with one attached hydrogen (secondary N) is 2. The van der Waals surface area contributed by atoms with Crippen LogP contribution >= 0.6 is 0 Å². The molecular formula is C26H40N4O3. The molecule has 182 valence electrons. The molecule has 2 heterocycles. The van der Waals surface area contributed by atoms with Crippen LogP contribution in [-0.4, -0.2) is 58.9 Å². The van der Waals surface area contributed by atoms with E-state index < -0.39 is 11.6 Å². The van der Waals surface area contributed by atoms with Crippen molar-refractivity contribution in [3.05, 3.63) is 29.8 Å². The number of aryl methyl sites for hydroxylation is 1. The molecule has 1 aromatic carbocycles. The maximum absolute atomic E-state index is 13.2. The molecule has 2 aliphatic rings. The number of likely N-dealkylation sites (tertiary alicyclic amines) is 1. The average molecular weight is 457 g/mol. The van der Waals surface area contributed by atoms with Gasteiger partial charge in [-0.05, 0) is 62.1 Å². The van der Waals surface area contributed by atoms with Crippen LogP contribution in [0.1, 0.15) is 71.8 Å². The van der Waals surface area contributed by atoms with E-state index in [1.807, 2.05) is 24.0 Å². The summed E-state index contributed by atoms with van der Waals surface area (Å²) in [6, 6.07) is 7.40. The summed E-state index contributed by atoms with van der Waals surface area (Å²) in [7, 11) is 0. The van der Waals surface area contributed by atoms with Crippen LogP contribution in [0.25, 0.3) is 0 Å². The monoisotopic (exact) mass is 456 g/mol. The highest BCUT2D eigenvalue weighted by Gasteiger charge is 2.53. The number of piperidine rings is 1. The van der Waals surface area contributed by atoms with Gasteiger partial charge in [0.25, 0.3) is 0 Å². The summed E-state index contributed by atoms with van der Waals surface area (Å²) in [5.41, 5.74) is 1.20. The molecule has 3 rings (SSSR count). The Morgan fingerprint density at radius 2 is 1.79 bits per heavy atom. The summed E-state index contributed by atoms with van der Waals surface area (Å²) in [5, 5.41) is 5.98. The minimum atomic E-state index is -0.849. The Bertz CT molecular complexity index is 828. The smallest absolute Gasteiger partial charge is 0.321 e. The van der Waals surface area contributed by atoms with Crippen LogP contribution in [0.3, 0.4) is 0 Å². The lowest BCUT2D eigenvalue weighted by Gasteiger charge is -2.51. The number of amides is 4. The molecule has 4 amide bonds. The zero-order valence-corrected chi connectivity index (χ0v) is 20.7. The van der Waals surface area contributed by atoms with Crippen molar-refractivity contribution < 1.29 is 14.4 Å². The number of nitrogens with zero attached hydrogens (tertiary/aromatic N) is 2. The minimum Gasteiger partial charge on any atom is -0.342 e. The second-order valence-electron chi connectivity index (χ2n) is 9.89. The first-order valence-electron chi connectivity index (χ1n) is 12.6. The number of unbranched alkanes of at least 4 members (excludes halogenated alkanes) is 1. The normalized spacial score (nSPS) is 20.3. The van der Waals surface area contributed by atoms with E-state index in [4.69, 9.17) is 0 Å². The Hall–Kier alpha value is -2.57. The van der Waals surface area contributed by atoms with Crippen LogP contribution in [0.4, 0.5) is 10.5 Å². The third-order valence-electron chi connectivity index (χ3n) is 6.87. The van der Waals surface area contributed by atoms with Crippen molar-refractivity contribution in [2.45, 2.75) is 84.2 Å². The van der Waals surface area contributed by atoms with Crippen LogP contribution in [0.15, 0.2) is 24.3 Å². The number of piperazine rings is 1. The third kappa shape index (κ3) is 5.68. The van der Waals surface area contributed by atoms with Gasteiger partial charge in [-0.1, -0.05) is 46.2 Å². The number of carbonyl (C=O) groups is 3. The van der Waals surface area contributed by atoms with Gasteiger partial charge >= 0.3 is 6.03 Å². The molecule has 1 unspecified atom stereocenters. The molecule has 1 spiro atoms. The van der Waals surface area contributed by atoms with E-state index in [1.165, 1.54) is 5.56 Å². The van der Waals surface area contributed by atoms with Crippen LogP contribution in [0.5, 0.6) is 0 Å². The van der Waals surface area contributed by atoms with Gasteiger partial charge in [-0.2, -0.15) is 0 Å². The molecule has 7 nitrogen and oxygen atoms in total. The fourth-order valence-corrected chi connectivity index (χ4v) is 4.97. The molecule has 7 heteroatoms. The number of carbonyl (C=O) groups excluding carboxylic acids is 3. The molecular weight excluding hydrogens is 416 g/mol. The van der Waals surface area contributed by atoms with E-state index in [1.54, 1.807) is 4.90 Å². The van der Waals surface area contributed by atoms with E-state index in [9.17, 15) is 14.4 Å². The molecule has 2 saturated heterocycles. The topological polar surface area (TPSA) is 81.8 Å². The number of anilines is 1. The number of urea groups is 1. The summed E-state index contributed by atoms with van der Waals surface area (Å²) in [6.07, 6.45) is 5.73. The maximum Gasteiger partial charge on any atom is 0.321 e. The molecule has 2 N–H and O–H groups in total. The highest BCUT2D eigenvalue weighted by Crippen LogP contribution is 2.34. The SMILES string of the molecule is CCCCc1ccc(NC(=O)N2CCC3(CC2)C(=O)NC(CC(C)C)C(=O)N3CCC)cc1. The van der Waals surface area contributed by atoms with Gasteiger partial charge in [-0.3, -0.25) is 9.59 Å². The molecule has 33 heavy (non-hydrogen) atoms. The highest BCUT2D eigenvalue weighted by atomic mass is 16.2. The second-order valence-corrected chi connectivity index (χ2v) is 9.89. The van der Waals surface area contributed by atoms with Gasteiger partial charge in [0.15, 0.2) is 0 Å². The molecule has 1 aromatic rings. The van der Waals surface area contributed by atoms with E-state index in [0.29, 0.717) is 44.8 Å². The van der Waals surface area contributed by atoms with E-state index in [0.717, 1.165) is 31.4 Å². The lowest BCUT2D eigenvalue weighted by Crippen LogP contribution is -2.73. The molecule has 0 radical (unpaired) electrons. The summed E-state index contributed by atoms with van der Waals surface area (Å²) in [5.74, 6) is 0.276. The van der Waals surface area contributed by atoms with Gasteiger partial charge in [-0.15, -0.1) is 0 Å². The highest BCUT2D eigenvalue weighted by molar-refractivity contribution is 6.00. The fourth-order valence-electron chi connectivity index (χ4n) is 4.97. The summed E-state index contributed by atoms with van der Waals surface area (Å²) in [4.78, 5) is 42.9. The zero-order valence-electron chi connectivity index (χ0n) is 20.7. The van der Waals surface area contributed by atoms with E-state index >= 15 is 0 Å². The predicted octanol–water partition coefficient (Wildman–Crippen LogP) is 4.18. The van der Waals surface area contributed by atoms with Crippen molar-refractivity contribution in [3.63, 3.8) is 0 Å². The first kappa shape index (κ1) is 25.1. The quantitative estimate of drug-likeness (QED) is 0.616. The summed E-state index contributed by atoms with van der Waals surface area (Å²) < 4.78 is 0. The van der Waals surface area contributed by atoms with Gasteiger partial charge in [-0.25, -0.2) is 4.79 Å². The van der Waals surface area contributed by atoms with Crippen LogP contribution in [0.2, 0.25) is 0 Å². The Kier molecular flexibility index (Phi) is 8.38. The number of hydrogen-bond donors (Lipinski definition) is 2. The average Bonchev–Trinajstić information content (AvgIpc) is 2.80. The Morgan fingerprint density at radius 3 is 2.36 bits per heavy atom. The molecule has 0 aliphatic carbocycles. The van der Waals surface area contributed by atoms with Crippen LogP contribution < -0.4 is 10.6 Å². The lowest BCUT2D eigenvalue weighted by molar-refractivity contribution is -0.161. The van der Waals surface area contributed by atoms with Crippen LogP contribution in [0, 0.1) is 5.92 Å². The molecule has 0 bridgehead atoms. The van der Waals surface area contributed by atoms with E-state index in [-0.39, 0.29) is 17.8 Å². The number of benzene rings is 1. The first-order chi connectivity index (χ1) is 15.8. The van der Waals surface area contributed by atoms with Crippen molar-refractivity contribution in [1.29, 1.82) is 0 Å². The first-order valence-corrected chi connectivity index (χ1v) is 12.6.